The van der Waals surface area contributed by atoms with Crippen LogP contribution < -0.4 is 10.1 Å². The number of carbonyl (C=O) groups excluding carboxylic acids is 1. The molecule has 1 N–H and O–H groups in total. The Kier molecular flexibility index (Phi) is 3.91. The summed E-state index contributed by atoms with van der Waals surface area (Å²) in [5.74, 6) is 0.759. The number of nitrogens with one attached hydrogen (secondary N) is 1. The molecule has 0 bridgehead atoms. The molecule has 0 aromatic carbocycles. The van der Waals surface area contributed by atoms with E-state index in [2.05, 4.69) is 20.3 Å². The summed E-state index contributed by atoms with van der Waals surface area (Å²) in [5, 5.41) is 3.51. The number of rotatable bonds is 4. The van der Waals surface area contributed by atoms with E-state index in [0.29, 0.717) is 24.0 Å². The summed E-state index contributed by atoms with van der Waals surface area (Å²) in [7, 11) is 0. The van der Waals surface area contributed by atoms with Gasteiger partial charge in [-0.05, 0) is 30.3 Å². The molecule has 0 radical (unpaired) electrons. The Balaban J connectivity index is 1.80. The van der Waals surface area contributed by atoms with E-state index in [-0.39, 0.29) is 5.91 Å². The number of aromatic nitrogens is 3. The van der Waals surface area contributed by atoms with Crippen LogP contribution in [-0.2, 0) is 11.4 Å². The molecule has 1 amide bonds. The van der Waals surface area contributed by atoms with Gasteiger partial charge < -0.3 is 10.1 Å². The second-order valence-electron chi connectivity index (χ2n) is 4.68. The average Bonchev–Trinajstić information content (AvgIpc) is 2.53. The number of hydrogen-bond acceptors (Lipinski definition) is 5. The van der Waals surface area contributed by atoms with E-state index in [1.54, 1.807) is 18.3 Å². The Morgan fingerprint density at radius 1 is 1.14 bits per heavy atom. The molecule has 0 fully saturated rings. The molecule has 110 valence electrons. The summed E-state index contributed by atoms with van der Waals surface area (Å²) < 4.78 is 5.62. The van der Waals surface area contributed by atoms with Crippen LogP contribution in [-0.4, -0.2) is 20.9 Å². The second-order valence-corrected chi connectivity index (χ2v) is 4.68. The third-order valence-electron chi connectivity index (χ3n) is 2.93. The van der Waals surface area contributed by atoms with Crippen LogP contribution in [0.3, 0.4) is 0 Å². The Morgan fingerprint density at radius 2 is 2.00 bits per heavy atom. The third kappa shape index (κ3) is 3.35. The first-order valence-electron chi connectivity index (χ1n) is 6.79. The number of nitrogens with zero attached hydrogens (tertiary/aromatic N) is 3. The molecular formula is C16H14N4O2. The Labute approximate surface area is 127 Å². The van der Waals surface area contributed by atoms with Crippen molar-refractivity contribution in [2.24, 2.45) is 0 Å². The minimum atomic E-state index is -0.172. The normalized spacial score (nSPS) is 10.4. The number of fused-ring (bicyclic) bond motifs is 1. The zero-order chi connectivity index (χ0) is 15.4. The molecule has 0 saturated heterocycles. The monoisotopic (exact) mass is 294 g/mol. The van der Waals surface area contributed by atoms with Crippen molar-refractivity contribution in [3.05, 3.63) is 54.4 Å². The maximum atomic E-state index is 11.1. The number of ether oxygens (including phenoxy) is 1. The minimum absolute atomic E-state index is 0.172. The topological polar surface area (TPSA) is 77.0 Å². The SMILES string of the molecule is CC(=O)Nc1ccc2ccc(OCc3ccccn3)nc2n1. The van der Waals surface area contributed by atoms with E-state index in [1.165, 1.54) is 6.92 Å². The van der Waals surface area contributed by atoms with Gasteiger partial charge in [-0.3, -0.25) is 9.78 Å². The van der Waals surface area contributed by atoms with Gasteiger partial charge in [-0.25, -0.2) is 4.98 Å². The van der Waals surface area contributed by atoms with Crippen molar-refractivity contribution in [2.45, 2.75) is 13.5 Å². The quantitative estimate of drug-likeness (QED) is 0.800. The lowest BCUT2D eigenvalue weighted by Gasteiger charge is -2.06. The van der Waals surface area contributed by atoms with Crippen LogP contribution in [0.5, 0.6) is 5.88 Å². The van der Waals surface area contributed by atoms with Crippen molar-refractivity contribution in [1.29, 1.82) is 0 Å². The predicted octanol–water partition coefficient (Wildman–Crippen LogP) is 2.56. The van der Waals surface area contributed by atoms with Crippen LogP contribution in [0.4, 0.5) is 5.82 Å². The molecule has 3 aromatic heterocycles. The third-order valence-corrected chi connectivity index (χ3v) is 2.93. The number of hydrogen-bond donors (Lipinski definition) is 1. The van der Waals surface area contributed by atoms with Crippen molar-refractivity contribution >= 4 is 22.8 Å². The van der Waals surface area contributed by atoms with Gasteiger partial charge in [-0.2, -0.15) is 4.98 Å². The highest BCUT2D eigenvalue weighted by Crippen LogP contribution is 2.18. The number of anilines is 1. The van der Waals surface area contributed by atoms with Gasteiger partial charge in [0.2, 0.25) is 11.8 Å². The van der Waals surface area contributed by atoms with Crippen molar-refractivity contribution in [3.63, 3.8) is 0 Å². The molecule has 3 aromatic rings. The first-order chi connectivity index (χ1) is 10.7. The lowest BCUT2D eigenvalue weighted by molar-refractivity contribution is -0.114. The summed E-state index contributed by atoms with van der Waals surface area (Å²) in [6.45, 7) is 1.77. The molecule has 0 aliphatic heterocycles. The Hall–Kier alpha value is -3.02. The van der Waals surface area contributed by atoms with Crippen LogP contribution in [0.25, 0.3) is 11.0 Å². The van der Waals surface area contributed by atoms with Gasteiger partial charge in [0.05, 0.1) is 5.69 Å². The fourth-order valence-corrected chi connectivity index (χ4v) is 1.94. The second kappa shape index (κ2) is 6.17. The van der Waals surface area contributed by atoms with Crippen LogP contribution in [0.1, 0.15) is 12.6 Å². The summed E-state index contributed by atoms with van der Waals surface area (Å²) >= 11 is 0. The zero-order valence-electron chi connectivity index (χ0n) is 12.0. The smallest absolute Gasteiger partial charge is 0.222 e. The lowest BCUT2D eigenvalue weighted by Crippen LogP contribution is -2.07. The molecule has 0 aliphatic carbocycles. The van der Waals surface area contributed by atoms with Crippen LogP contribution >= 0.6 is 0 Å². The van der Waals surface area contributed by atoms with E-state index in [1.807, 2.05) is 30.3 Å². The average molecular weight is 294 g/mol. The van der Waals surface area contributed by atoms with Gasteiger partial charge in [-0.1, -0.05) is 6.07 Å². The first kappa shape index (κ1) is 13.9. The van der Waals surface area contributed by atoms with Gasteiger partial charge in [0.25, 0.3) is 0 Å². The van der Waals surface area contributed by atoms with E-state index in [0.717, 1.165) is 11.1 Å². The van der Waals surface area contributed by atoms with Crippen molar-refractivity contribution in [2.75, 3.05) is 5.32 Å². The minimum Gasteiger partial charge on any atom is -0.471 e. The number of carbonyl (C=O) groups is 1. The molecule has 22 heavy (non-hydrogen) atoms. The number of pyridine rings is 3. The maximum absolute atomic E-state index is 11.1. The van der Waals surface area contributed by atoms with Crippen LogP contribution in [0, 0.1) is 0 Å². The van der Waals surface area contributed by atoms with Crippen molar-refractivity contribution < 1.29 is 9.53 Å². The molecule has 0 aliphatic rings. The van der Waals surface area contributed by atoms with Gasteiger partial charge >= 0.3 is 0 Å². The molecule has 3 rings (SSSR count). The fraction of sp³-hybridized carbons (Fsp3) is 0.125. The lowest BCUT2D eigenvalue weighted by atomic mass is 10.3. The highest BCUT2D eigenvalue weighted by molar-refractivity contribution is 5.89. The summed E-state index contributed by atoms with van der Waals surface area (Å²) in [6.07, 6.45) is 1.72. The predicted molar refractivity (Wildman–Crippen MR) is 82.4 cm³/mol. The molecule has 3 heterocycles. The summed E-state index contributed by atoms with van der Waals surface area (Å²) in [4.78, 5) is 23.9. The largest absolute Gasteiger partial charge is 0.471 e. The standard InChI is InChI=1S/C16H14N4O2/c1-11(21)18-14-7-5-12-6-8-15(20-16(12)19-14)22-10-13-4-2-3-9-17-13/h2-9H,10H2,1H3,(H,18,19,20,21). The van der Waals surface area contributed by atoms with Gasteiger partial charge in [0.1, 0.15) is 12.4 Å². The van der Waals surface area contributed by atoms with Gasteiger partial charge in [0.15, 0.2) is 5.65 Å². The molecule has 0 unspecified atom stereocenters. The Bertz CT molecular complexity index is 806. The Morgan fingerprint density at radius 3 is 2.77 bits per heavy atom. The fourth-order valence-electron chi connectivity index (χ4n) is 1.94. The van der Waals surface area contributed by atoms with Crippen LogP contribution in [0.2, 0.25) is 0 Å². The van der Waals surface area contributed by atoms with Gasteiger partial charge in [0, 0.05) is 24.6 Å². The van der Waals surface area contributed by atoms with E-state index in [9.17, 15) is 4.79 Å². The van der Waals surface area contributed by atoms with Crippen LogP contribution in [0.15, 0.2) is 48.7 Å². The zero-order valence-corrected chi connectivity index (χ0v) is 12.0. The highest BCUT2D eigenvalue weighted by atomic mass is 16.5. The molecule has 6 heteroatoms. The highest BCUT2D eigenvalue weighted by Gasteiger charge is 2.04. The molecule has 6 nitrogen and oxygen atoms in total. The van der Waals surface area contributed by atoms with E-state index < -0.39 is 0 Å². The molecule has 0 saturated carbocycles. The molecular weight excluding hydrogens is 280 g/mol. The first-order valence-corrected chi connectivity index (χ1v) is 6.79. The van der Waals surface area contributed by atoms with Crippen molar-refractivity contribution in [3.8, 4) is 5.88 Å². The number of amides is 1. The van der Waals surface area contributed by atoms with Crippen molar-refractivity contribution in [1.82, 2.24) is 15.0 Å². The van der Waals surface area contributed by atoms with E-state index in [4.69, 9.17) is 4.74 Å². The maximum Gasteiger partial charge on any atom is 0.222 e. The summed E-state index contributed by atoms with van der Waals surface area (Å²) in [5.41, 5.74) is 1.34. The van der Waals surface area contributed by atoms with Gasteiger partial charge in [-0.15, -0.1) is 0 Å². The summed E-state index contributed by atoms with van der Waals surface area (Å²) in [6, 6.07) is 12.9. The molecule has 0 spiro atoms. The molecule has 0 atom stereocenters. The van der Waals surface area contributed by atoms with E-state index >= 15 is 0 Å².